The van der Waals surface area contributed by atoms with Gasteiger partial charge >= 0.3 is 39.5 Å². The summed E-state index contributed by atoms with van der Waals surface area (Å²) in [5, 5.41) is 10.6. The number of ether oxygens (including phenoxy) is 4. The van der Waals surface area contributed by atoms with Crippen LogP contribution in [0.15, 0.2) is 0 Å². The van der Waals surface area contributed by atoms with E-state index in [0.717, 1.165) is 114 Å². The van der Waals surface area contributed by atoms with Crippen molar-refractivity contribution in [2.24, 2.45) is 17.8 Å². The fraction of sp³-hybridized carbons (Fsp3) is 0.949. The third kappa shape index (κ3) is 69.8. The number of carbonyl (C=O) groups is 4. The molecule has 0 aromatic heterocycles. The van der Waals surface area contributed by atoms with E-state index < -0.39 is 97.5 Å². The molecule has 4 unspecified atom stereocenters. The van der Waals surface area contributed by atoms with Crippen molar-refractivity contribution in [1.82, 2.24) is 0 Å². The van der Waals surface area contributed by atoms with Gasteiger partial charge in [-0.1, -0.05) is 357 Å². The predicted molar refractivity (Wildman–Crippen MR) is 400 cm³/mol. The molecule has 0 amide bonds. The molecule has 0 bridgehead atoms. The van der Waals surface area contributed by atoms with Crippen LogP contribution in [0.5, 0.6) is 0 Å². The first-order chi connectivity index (χ1) is 47.3. The van der Waals surface area contributed by atoms with E-state index in [-0.39, 0.29) is 25.7 Å². The minimum atomic E-state index is -4.96. The lowest BCUT2D eigenvalue weighted by atomic mass is 9.99. The number of aliphatic hydroxyl groups excluding tert-OH is 1. The molecular weight excluding hydrogens is 1280 g/mol. The van der Waals surface area contributed by atoms with Gasteiger partial charge in [-0.3, -0.25) is 37.3 Å². The van der Waals surface area contributed by atoms with Gasteiger partial charge in [0.15, 0.2) is 12.2 Å². The molecule has 0 aliphatic rings. The van der Waals surface area contributed by atoms with Crippen LogP contribution in [-0.2, 0) is 65.4 Å². The maximum atomic E-state index is 13.1. The van der Waals surface area contributed by atoms with E-state index in [1.165, 1.54) is 212 Å². The van der Waals surface area contributed by atoms with Crippen molar-refractivity contribution in [3.8, 4) is 0 Å². The molecule has 0 aliphatic heterocycles. The number of carbonyl (C=O) groups excluding carboxylic acids is 4. The molecule has 582 valence electrons. The second-order valence-electron chi connectivity index (χ2n) is 29.4. The number of rotatable bonds is 77. The van der Waals surface area contributed by atoms with Crippen LogP contribution in [0.2, 0.25) is 0 Å². The Bertz CT molecular complexity index is 1910. The van der Waals surface area contributed by atoms with E-state index in [1.54, 1.807) is 0 Å². The first kappa shape index (κ1) is 96.1. The highest BCUT2D eigenvalue weighted by atomic mass is 31.2. The maximum absolute atomic E-state index is 13.1. The third-order valence-electron chi connectivity index (χ3n) is 19.1. The van der Waals surface area contributed by atoms with Crippen LogP contribution < -0.4 is 0 Å². The van der Waals surface area contributed by atoms with Gasteiger partial charge in [0.2, 0.25) is 0 Å². The molecule has 3 N–H and O–H groups in total. The molecule has 7 atom stereocenters. The van der Waals surface area contributed by atoms with Gasteiger partial charge in [0, 0.05) is 25.7 Å². The fourth-order valence-corrected chi connectivity index (χ4v) is 13.6. The monoisotopic (exact) mass is 1440 g/mol. The van der Waals surface area contributed by atoms with Gasteiger partial charge in [0.05, 0.1) is 26.4 Å². The van der Waals surface area contributed by atoms with Crippen molar-refractivity contribution < 1.29 is 80.2 Å². The van der Waals surface area contributed by atoms with Crippen molar-refractivity contribution >= 4 is 39.5 Å². The standard InChI is InChI=1S/C79H154O17P2/c1-8-11-12-13-14-15-16-17-18-19-20-24-27-33-38-46-53-60-76(81)89-66-74(95-78(83)62-55-48-39-34-28-25-22-21-23-26-31-36-43-50-57-70(4)5)68-93-97(85,86)91-64-73(80)65-92-98(87,88)94-69-75(67-90-77(82)61-54-47-42-41-45-52-59-72(7)10-3)96-79(84)63-56-49-40-35-30-29-32-37-44-51-58-71(6)9-2/h70-75,80H,8-69H2,1-7H3,(H,85,86)(H,87,88)/t71?,72?,73-,74-,75-/m1/s1. The lowest BCUT2D eigenvalue weighted by molar-refractivity contribution is -0.161. The lowest BCUT2D eigenvalue weighted by Gasteiger charge is -2.21. The Morgan fingerprint density at radius 1 is 0.296 bits per heavy atom. The molecule has 0 fully saturated rings. The lowest BCUT2D eigenvalue weighted by Crippen LogP contribution is -2.30. The van der Waals surface area contributed by atoms with E-state index in [0.29, 0.717) is 25.7 Å². The molecule has 0 aromatic carbocycles. The topological polar surface area (TPSA) is 237 Å². The fourth-order valence-electron chi connectivity index (χ4n) is 12.1. The zero-order valence-electron chi connectivity index (χ0n) is 64.3. The van der Waals surface area contributed by atoms with E-state index in [1.807, 2.05) is 0 Å². The Balaban J connectivity index is 5.26. The first-order valence-electron chi connectivity index (χ1n) is 40.9. The van der Waals surface area contributed by atoms with Crippen LogP contribution >= 0.6 is 15.6 Å². The van der Waals surface area contributed by atoms with Crippen LogP contribution in [0.1, 0.15) is 408 Å². The summed E-state index contributed by atoms with van der Waals surface area (Å²) in [6.45, 7) is 11.9. The Morgan fingerprint density at radius 3 is 0.776 bits per heavy atom. The number of phosphoric acid groups is 2. The number of esters is 4. The van der Waals surface area contributed by atoms with Crippen LogP contribution in [0, 0.1) is 17.8 Å². The average Bonchev–Trinajstić information content (AvgIpc) is 0.997. The van der Waals surface area contributed by atoms with Gasteiger partial charge < -0.3 is 33.8 Å². The van der Waals surface area contributed by atoms with E-state index >= 15 is 0 Å². The van der Waals surface area contributed by atoms with Gasteiger partial charge in [-0.2, -0.15) is 0 Å². The largest absolute Gasteiger partial charge is 0.472 e. The van der Waals surface area contributed by atoms with Gasteiger partial charge in [-0.15, -0.1) is 0 Å². The maximum Gasteiger partial charge on any atom is 0.472 e. The quantitative estimate of drug-likeness (QED) is 0.0222. The highest BCUT2D eigenvalue weighted by Crippen LogP contribution is 2.45. The summed E-state index contributed by atoms with van der Waals surface area (Å²) in [7, 11) is -9.92. The number of unbranched alkanes of at least 4 members (excludes halogenated alkanes) is 43. The van der Waals surface area contributed by atoms with Crippen molar-refractivity contribution in [2.75, 3.05) is 39.6 Å². The molecule has 98 heavy (non-hydrogen) atoms. The summed E-state index contributed by atoms with van der Waals surface area (Å²) in [5.41, 5.74) is 0. The van der Waals surface area contributed by atoms with Crippen molar-refractivity contribution in [2.45, 2.75) is 426 Å². The first-order valence-corrected chi connectivity index (χ1v) is 43.9. The second kappa shape index (κ2) is 69.4. The van der Waals surface area contributed by atoms with E-state index in [4.69, 9.17) is 37.0 Å². The molecule has 19 heteroatoms. The van der Waals surface area contributed by atoms with Crippen molar-refractivity contribution in [1.29, 1.82) is 0 Å². The third-order valence-corrected chi connectivity index (χ3v) is 21.0. The predicted octanol–water partition coefficient (Wildman–Crippen LogP) is 23.4. The van der Waals surface area contributed by atoms with E-state index in [2.05, 4.69) is 48.5 Å². The highest BCUT2D eigenvalue weighted by molar-refractivity contribution is 7.47. The number of hydrogen-bond acceptors (Lipinski definition) is 15. The minimum absolute atomic E-state index is 0.105. The number of aliphatic hydroxyl groups is 1. The summed E-state index contributed by atoms with van der Waals surface area (Å²) < 4.78 is 68.7. The molecule has 0 saturated carbocycles. The molecule has 0 aromatic rings. The number of phosphoric ester groups is 2. The van der Waals surface area contributed by atoms with Gasteiger partial charge in [0.25, 0.3) is 0 Å². The average molecular weight is 1440 g/mol. The molecule has 0 saturated heterocycles. The normalized spacial score (nSPS) is 14.6. The molecule has 0 radical (unpaired) electrons. The Kier molecular flexibility index (Phi) is 68.1. The molecule has 0 aliphatic carbocycles. The summed E-state index contributed by atoms with van der Waals surface area (Å²) in [6.07, 6.45) is 56.8. The molecule has 0 heterocycles. The Morgan fingerprint density at radius 2 is 0.520 bits per heavy atom. The van der Waals surface area contributed by atoms with Crippen molar-refractivity contribution in [3.63, 3.8) is 0 Å². The van der Waals surface area contributed by atoms with Gasteiger partial charge in [-0.25, -0.2) is 9.13 Å². The zero-order chi connectivity index (χ0) is 72.3. The molecule has 17 nitrogen and oxygen atoms in total. The van der Waals surface area contributed by atoms with Gasteiger partial charge in [-0.05, 0) is 43.4 Å². The smallest absolute Gasteiger partial charge is 0.462 e. The van der Waals surface area contributed by atoms with Crippen LogP contribution in [0.4, 0.5) is 0 Å². The van der Waals surface area contributed by atoms with Crippen molar-refractivity contribution in [3.05, 3.63) is 0 Å². The summed E-state index contributed by atoms with van der Waals surface area (Å²) in [4.78, 5) is 73.0. The Labute approximate surface area is 600 Å². The summed E-state index contributed by atoms with van der Waals surface area (Å²) in [6, 6.07) is 0. The zero-order valence-corrected chi connectivity index (χ0v) is 66.0. The Hall–Kier alpha value is -1.94. The highest BCUT2D eigenvalue weighted by Gasteiger charge is 2.30. The SMILES string of the molecule is CCCCCCCCCCCCCCCCCCCC(=O)OC[C@H](COP(=O)(O)OC[C@@H](O)COP(=O)(O)OC[C@@H](COC(=O)CCCCCCCCC(C)CC)OC(=O)CCCCCCCCCCCCC(C)CC)OC(=O)CCCCCCCCCCCCCCCCC(C)C. The number of hydrogen-bond donors (Lipinski definition) is 3. The van der Waals surface area contributed by atoms with Crippen LogP contribution in [0.25, 0.3) is 0 Å². The molecule has 0 rings (SSSR count). The summed E-state index contributed by atoms with van der Waals surface area (Å²) in [5.74, 6) is 0.215. The summed E-state index contributed by atoms with van der Waals surface area (Å²) >= 11 is 0. The second-order valence-corrected chi connectivity index (χ2v) is 32.3. The molecular formula is C79H154O17P2. The van der Waals surface area contributed by atoms with Crippen LogP contribution in [0.3, 0.4) is 0 Å². The van der Waals surface area contributed by atoms with Crippen LogP contribution in [-0.4, -0.2) is 96.7 Å². The van der Waals surface area contributed by atoms with E-state index in [9.17, 15) is 43.2 Å². The minimum Gasteiger partial charge on any atom is -0.462 e. The van der Waals surface area contributed by atoms with Gasteiger partial charge in [0.1, 0.15) is 19.3 Å². The molecule has 0 spiro atoms.